The predicted molar refractivity (Wildman–Crippen MR) is 100 cm³/mol. The van der Waals surface area contributed by atoms with Crippen LogP contribution in [-0.2, 0) is 6.54 Å². The predicted octanol–water partition coefficient (Wildman–Crippen LogP) is 3.30. The van der Waals surface area contributed by atoms with Crippen LogP contribution >= 0.6 is 0 Å². The van der Waals surface area contributed by atoms with Gasteiger partial charge in [-0.3, -0.25) is 9.69 Å². The van der Waals surface area contributed by atoms with E-state index in [4.69, 9.17) is 0 Å². The highest BCUT2D eigenvalue weighted by Gasteiger charge is 2.33. The van der Waals surface area contributed by atoms with Gasteiger partial charge >= 0.3 is 0 Å². The standard InChI is InChI=1S/C21H21N3O2/c25-13-7-8-14-16(11-13)20(23-21(14)26)19-15-5-1-2-6-17(15)22-18(19)12-24-9-3-4-10-24/h1-2,5-8,11,20,22,25H,3-4,9-10,12H2,(H,23,26). The van der Waals surface area contributed by atoms with Gasteiger partial charge in [0.1, 0.15) is 5.75 Å². The Morgan fingerprint density at radius 2 is 1.92 bits per heavy atom. The van der Waals surface area contributed by atoms with E-state index in [-0.39, 0.29) is 17.7 Å². The van der Waals surface area contributed by atoms with Gasteiger partial charge in [0.25, 0.3) is 5.91 Å². The number of rotatable bonds is 3. The first-order valence-corrected chi connectivity index (χ1v) is 9.16. The Hall–Kier alpha value is -2.79. The minimum absolute atomic E-state index is 0.0811. The van der Waals surface area contributed by atoms with E-state index >= 15 is 0 Å². The summed E-state index contributed by atoms with van der Waals surface area (Å²) in [4.78, 5) is 18.5. The van der Waals surface area contributed by atoms with Gasteiger partial charge in [0.05, 0.1) is 6.04 Å². The molecule has 0 aliphatic carbocycles. The first-order chi connectivity index (χ1) is 12.7. The number of aromatic hydroxyl groups is 1. The molecule has 26 heavy (non-hydrogen) atoms. The average Bonchev–Trinajstić information content (AvgIpc) is 3.33. The Kier molecular flexibility index (Phi) is 3.50. The lowest BCUT2D eigenvalue weighted by Crippen LogP contribution is -2.23. The molecule has 2 aliphatic heterocycles. The van der Waals surface area contributed by atoms with Crippen LogP contribution in [0.2, 0.25) is 0 Å². The lowest BCUT2D eigenvalue weighted by molar-refractivity contribution is 0.0960. The summed E-state index contributed by atoms with van der Waals surface area (Å²) in [7, 11) is 0. The Labute approximate surface area is 151 Å². The van der Waals surface area contributed by atoms with E-state index in [1.54, 1.807) is 18.2 Å². The molecule has 1 fully saturated rings. The number of carbonyl (C=O) groups excluding carboxylic acids is 1. The maximum atomic E-state index is 12.5. The number of aromatic amines is 1. The molecule has 5 heteroatoms. The molecule has 0 spiro atoms. The maximum absolute atomic E-state index is 12.5. The van der Waals surface area contributed by atoms with Crippen molar-refractivity contribution in [1.82, 2.24) is 15.2 Å². The topological polar surface area (TPSA) is 68.4 Å². The van der Waals surface area contributed by atoms with E-state index in [2.05, 4.69) is 27.3 Å². The number of likely N-dealkylation sites (tertiary alicyclic amines) is 1. The Balaban J connectivity index is 1.66. The molecule has 132 valence electrons. The van der Waals surface area contributed by atoms with Crippen LogP contribution in [0.5, 0.6) is 5.75 Å². The number of nitrogens with one attached hydrogen (secondary N) is 2. The minimum atomic E-state index is -0.238. The molecule has 0 saturated carbocycles. The molecule has 3 heterocycles. The van der Waals surface area contributed by atoms with Crippen molar-refractivity contribution >= 4 is 16.8 Å². The second-order valence-electron chi connectivity index (χ2n) is 7.22. The van der Waals surface area contributed by atoms with Crippen molar-refractivity contribution in [3.8, 4) is 5.75 Å². The van der Waals surface area contributed by atoms with Gasteiger partial charge in [0.15, 0.2) is 0 Å². The van der Waals surface area contributed by atoms with Crippen LogP contribution in [0.25, 0.3) is 10.9 Å². The smallest absolute Gasteiger partial charge is 0.252 e. The number of hydrogen-bond donors (Lipinski definition) is 3. The SMILES string of the molecule is O=C1NC(c2c(CN3CCCC3)[nH]c3ccccc23)c2cc(O)ccc21. The zero-order valence-electron chi connectivity index (χ0n) is 14.5. The molecule has 5 rings (SSSR count). The second-order valence-corrected chi connectivity index (χ2v) is 7.22. The number of nitrogens with zero attached hydrogens (tertiary/aromatic N) is 1. The van der Waals surface area contributed by atoms with Gasteiger partial charge in [-0.25, -0.2) is 0 Å². The van der Waals surface area contributed by atoms with Crippen molar-refractivity contribution in [1.29, 1.82) is 0 Å². The molecule has 1 saturated heterocycles. The van der Waals surface area contributed by atoms with Crippen molar-refractivity contribution in [2.75, 3.05) is 13.1 Å². The summed E-state index contributed by atoms with van der Waals surface area (Å²) in [6.07, 6.45) is 2.48. The van der Waals surface area contributed by atoms with Gasteiger partial charge in [-0.05, 0) is 55.8 Å². The van der Waals surface area contributed by atoms with Gasteiger partial charge in [0.2, 0.25) is 0 Å². The molecular weight excluding hydrogens is 326 g/mol. The molecule has 1 atom stereocenters. The minimum Gasteiger partial charge on any atom is -0.508 e. The zero-order chi connectivity index (χ0) is 17.7. The Bertz CT molecular complexity index is 1000. The van der Waals surface area contributed by atoms with E-state index in [1.807, 2.05) is 12.1 Å². The number of benzene rings is 2. The van der Waals surface area contributed by atoms with Crippen LogP contribution in [0, 0.1) is 0 Å². The van der Waals surface area contributed by atoms with Gasteiger partial charge in [-0.2, -0.15) is 0 Å². The first kappa shape index (κ1) is 15.5. The normalized spacial score (nSPS) is 19.8. The molecule has 3 aromatic rings. The highest BCUT2D eigenvalue weighted by atomic mass is 16.3. The molecule has 5 nitrogen and oxygen atoms in total. The van der Waals surface area contributed by atoms with Crippen LogP contribution in [0.1, 0.15) is 46.1 Å². The molecule has 1 aromatic heterocycles. The molecule has 1 amide bonds. The largest absolute Gasteiger partial charge is 0.508 e. The van der Waals surface area contributed by atoms with Crippen molar-refractivity contribution in [2.45, 2.75) is 25.4 Å². The number of H-pyrrole nitrogens is 1. The molecule has 2 aliphatic rings. The number of para-hydroxylation sites is 1. The summed E-state index contributed by atoms with van der Waals surface area (Å²) < 4.78 is 0. The van der Waals surface area contributed by atoms with Crippen LogP contribution in [0.15, 0.2) is 42.5 Å². The monoisotopic (exact) mass is 347 g/mol. The van der Waals surface area contributed by atoms with Crippen LogP contribution in [0.4, 0.5) is 0 Å². The van der Waals surface area contributed by atoms with Crippen molar-refractivity contribution in [3.63, 3.8) is 0 Å². The van der Waals surface area contributed by atoms with Crippen molar-refractivity contribution < 1.29 is 9.90 Å². The number of carbonyl (C=O) groups is 1. The van der Waals surface area contributed by atoms with Crippen LogP contribution in [0.3, 0.4) is 0 Å². The lowest BCUT2D eigenvalue weighted by Gasteiger charge is -2.18. The zero-order valence-corrected chi connectivity index (χ0v) is 14.5. The third-order valence-corrected chi connectivity index (χ3v) is 5.56. The van der Waals surface area contributed by atoms with Crippen LogP contribution in [-0.4, -0.2) is 34.0 Å². The fraction of sp³-hybridized carbons (Fsp3) is 0.286. The maximum Gasteiger partial charge on any atom is 0.252 e. The van der Waals surface area contributed by atoms with Gasteiger partial charge < -0.3 is 15.4 Å². The summed E-state index contributed by atoms with van der Waals surface area (Å²) in [5.74, 6) is 0.105. The number of aromatic nitrogens is 1. The fourth-order valence-corrected chi connectivity index (χ4v) is 4.35. The number of phenols is 1. The van der Waals surface area contributed by atoms with Crippen molar-refractivity contribution in [2.24, 2.45) is 0 Å². The summed E-state index contributed by atoms with van der Waals surface area (Å²) in [6.45, 7) is 3.08. The molecule has 0 bridgehead atoms. The summed E-state index contributed by atoms with van der Waals surface area (Å²) in [6, 6.07) is 13.0. The number of amides is 1. The van der Waals surface area contributed by atoms with E-state index < -0.39 is 0 Å². The molecule has 3 N–H and O–H groups in total. The second kappa shape index (κ2) is 5.88. The molecule has 2 aromatic carbocycles. The number of fused-ring (bicyclic) bond motifs is 2. The van der Waals surface area contributed by atoms with Gasteiger partial charge in [-0.1, -0.05) is 18.2 Å². The number of hydrogen-bond acceptors (Lipinski definition) is 3. The van der Waals surface area contributed by atoms with Gasteiger partial charge in [0, 0.05) is 34.3 Å². The third-order valence-electron chi connectivity index (χ3n) is 5.56. The molecule has 1 unspecified atom stereocenters. The van der Waals surface area contributed by atoms with E-state index in [1.165, 1.54) is 12.8 Å². The van der Waals surface area contributed by atoms with E-state index in [0.29, 0.717) is 5.56 Å². The highest BCUT2D eigenvalue weighted by Crippen LogP contribution is 2.39. The van der Waals surface area contributed by atoms with Crippen LogP contribution < -0.4 is 5.32 Å². The Morgan fingerprint density at radius 3 is 2.77 bits per heavy atom. The third kappa shape index (κ3) is 2.39. The van der Waals surface area contributed by atoms with E-state index in [9.17, 15) is 9.90 Å². The quantitative estimate of drug-likeness (QED) is 0.681. The fourth-order valence-electron chi connectivity index (χ4n) is 4.35. The van der Waals surface area contributed by atoms with Crippen molar-refractivity contribution in [3.05, 3.63) is 64.8 Å². The first-order valence-electron chi connectivity index (χ1n) is 9.16. The summed E-state index contributed by atoms with van der Waals surface area (Å²) in [5.41, 5.74) is 4.84. The average molecular weight is 347 g/mol. The molecule has 0 radical (unpaired) electrons. The lowest BCUT2D eigenvalue weighted by atomic mass is 9.95. The van der Waals surface area contributed by atoms with E-state index in [0.717, 1.165) is 47.4 Å². The number of phenolic OH excluding ortho intramolecular Hbond substituents is 1. The van der Waals surface area contributed by atoms with Gasteiger partial charge in [-0.15, -0.1) is 0 Å². The summed E-state index contributed by atoms with van der Waals surface area (Å²) in [5, 5.41) is 14.2. The highest BCUT2D eigenvalue weighted by molar-refractivity contribution is 6.01. The molecular formula is C21H21N3O2. The summed E-state index contributed by atoms with van der Waals surface area (Å²) >= 11 is 0. The Morgan fingerprint density at radius 1 is 1.12 bits per heavy atom.